The Bertz CT molecular complexity index is 618. The molecular formula is C22H35N3O. The van der Waals surface area contributed by atoms with Gasteiger partial charge >= 0.3 is 6.03 Å². The number of carbonyl (C=O) groups excluding carboxylic acids is 1. The molecule has 1 N–H and O–H groups in total. The van der Waals surface area contributed by atoms with E-state index in [0.29, 0.717) is 5.41 Å². The summed E-state index contributed by atoms with van der Waals surface area (Å²) in [6, 6.07) is 8.97. The number of nitrogens with one attached hydrogen (secondary N) is 1. The van der Waals surface area contributed by atoms with E-state index in [1.807, 2.05) is 0 Å². The summed E-state index contributed by atoms with van der Waals surface area (Å²) in [5.41, 5.74) is 3.13. The molecule has 1 aliphatic heterocycles. The summed E-state index contributed by atoms with van der Waals surface area (Å²) in [4.78, 5) is 16.4. The van der Waals surface area contributed by atoms with Gasteiger partial charge in [0.2, 0.25) is 0 Å². The van der Waals surface area contributed by atoms with Crippen molar-refractivity contribution >= 4 is 6.03 Å². The van der Waals surface area contributed by atoms with E-state index in [4.69, 9.17) is 0 Å². The second-order valence-electron chi connectivity index (χ2n) is 8.83. The lowest BCUT2D eigenvalue weighted by molar-refractivity contribution is 0.134. The fourth-order valence-corrected chi connectivity index (χ4v) is 4.59. The van der Waals surface area contributed by atoms with E-state index in [2.05, 4.69) is 48.3 Å². The third kappa shape index (κ3) is 4.06. The van der Waals surface area contributed by atoms with Crippen molar-refractivity contribution in [2.24, 2.45) is 5.92 Å². The van der Waals surface area contributed by atoms with Crippen molar-refractivity contribution in [2.75, 3.05) is 33.7 Å². The van der Waals surface area contributed by atoms with Gasteiger partial charge in [-0.25, -0.2) is 4.79 Å². The average molecular weight is 358 g/mol. The molecule has 1 aromatic rings. The maximum Gasteiger partial charge on any atom is 0.317 e. The number of nitrogens with zero attached hydrogens (tertiary/aromatic N) is 2. The zero-order chi connectivity index (χ0) is 18.7. The van der Waals surface area contributed by atoms with Crippen LogP contribution in [-0.2, 0) is 5.41 Å². The lowest BCUT2D eigenvalue weighted by atomic mass is 9.63. The molecule has 1 fully saturated rings. The minimum atomic E-state index is 0.00394. The van der Waals surface area contributed by atoms with Gasteiger partial charge in [-0.1, -0.05) is 38.1 Å². The largest absolute Gasteiger partial charge is 0.331 e. The van der Waals surface area contributed by atoms with Gasteiger partial charge in [0.05, 0.1) is 6.04 Å². The Balaban J connectivity index is 1.73. The highest BCUT2D eigenvalue weighted by molar-refractivity contribution is 5.74. The molecule has 1 saturated heterocycles. The highest BCUT2D eigenvalue weighted by Gasteiger charge is 2.42. The van der Waals surface area contributed by atoms with Crippen molar-refractivity contribution in [1.29, 1.82) is 0 Å². The number of carbonyl (C=O) groups is 1. The predicted molar refractivity (Wildman–Crippen MR) is 107 cm³/mol. The molecular weight excluding hydrogens is 322 g/mol. The number of benzene rings is 1. The fourth-order valence-electron chi connectivity index (χ4n) is 4.59. The molecule has 0 radical (unpaired) electrons. The fraction of sp³-hybridized carbons (Fsp3) is 0.682. The van der Waals surface area contributed by atoms with Gasteiger partial charge in [0.25, 0.3) is 0 Å². The van der Waals surface area contributed by atoms with Crippen LogP contribution >= 0.6 is 0 Å². The average Bonchev–Trinajstić information content (AvgIpc) is 2.63. The number of likely N-dealkylation sites (tertiary alicyclic amines) is 1. The first kappa shape index (κ1) is 19.2. The molecule has 1 atom stereocenters. The van der Waals surface area contributed by atoms with Gasteiger partial charge in [0, 0.05) is 14.1 Å². The maximum absolute atomic E-state index is 12.2. The van der Waals surface area contributed by atoms with Crippen LogP contribution in [-0.4, -0.2) is 49.6 Å². The number of fused-ring (bicyclic) bond motifs is 2. The second kappa shape index (κ2) is 7.99. The quantitative estimate of drug-likeness (QED) is 0.878. The summed E-state index contributed by atoms with van der Waals surface area (Å²) in [7, 11) is 3.61. The number of urea groups is 1. The van der Waals surface area contributed by atoms with Gasteiger partial charge in [-0.05, 0) is 74.2 Å². The maximum atomic E-state index is 12.2. The van der Waals surface area contributed by atoms with Crippen molar-refractivity contribution in [1.82, 2.24) is 15.1 Å². The van der Waals surface area contributed by atoms with Gasteiger partial charge in [0.15, 0.2) is 0 Å². The molecule has 2 amide bonds. The molecule has 1 spiro atoms. The van der Waals surface area contributed by atoms with Crippen LogP contribution in [0, 0.1) is 5.92 Å². The third-order valence-corrected chi connectivity index (χ3v) is 6.36. The molecule has 0 aromatic heterocycles. The Hall–Kier alpha value is -1.55. The summed E-state index contributed by atoms with van der Waals surface area (Å²) in [6.07, 6.45) is 6.01. The molecule has 4 nitrogen and oxygen atoms in total. The SMILES string of the molecule is CC(C)CCN1CCC2(CCC(NC(=O)N(C)C)c3ccccc32)CC1. The van der Waals surface area contributed by atoms with Crippen molar-refractivity contribution in [3.05, 3.63) is 35.4 Å². The van der Waals surface area contributed by atoms with Gasteiger partial charge in [0.1, 0.15) is 0 Å². The van der Waals surface area contributed by atoms with E-state index >= 15 is 0 Å². The first-order valence-electron chi connectivity index (χ1n) is 10.2. The minimum absolute atomic E-state index is 0.00394. The van der Waals surface area contributed by atoms with E-state index < -0.39 is 0 Å². The van der Waals surface area contributed by atoms with Gasteiger partial charge in [-0.3, -0.25) is 0 Å². The molecule has 1 aliphatic carbocycles. The molecule has 1 heterocycles. The van der Waals surface area contributed by atoms with Crippen molar-refractivity contribution in [3.8, 4) is 0 Å². The van der Waals surface area contributed by atoms with Crippen LogP contribution < -0.4 is 5.32 Å². The van der Waals surface area contributed by atoms with Crippen LogP contribution in [0.4, 0.5) is 4.79 Å². The lowest BCUT2D eigenvalue weighted by Gasteiger charge is -2.47. The topological polar surface area (TPSA) is 35.6 Å². The molecule has 2 aliphatic rings. The number of hydrogen-bond donors (Lipinski definition) is 1. The van der Waals surface area contributed by atoms with Crippen LogP contribution in [0.1, 0.15) is 63.1 Å². The summed E-state index contributed by atoms with van der Waals surface area (Å²) in [5, 5.41) is 3.21. The Morgan fingerprint density at radius 2 is 1.92 bits per heavy atom. The van der Waals surface area contributed by atoms with E-state index in [9.17, 15) is 4.79 Å². The molecule has 4 heteroatoms. The molecule has 1 aromatic carbocycles. The van der Waals surface area contributed by atoms with E-state index in [1.165, 1.54) is 56.4 Å². The van der Waals surface area contributed by atoms with Crippen molar-refractivity contribution < 1.29 is 4.79 Å². The number of hydrogen-bond acceptors (Lipinski definition) is 2. The van der Waals surface area contributed by atoms with Crippen LogP contribution in [0.25, 0.3) is 0 Å². The van der Waals surface area contributed by atoms with E-state index in [1.54, 1.807) is 19.0 Å². The Labute approximate surface area is 158 Å². The van der Waals surface area contributed by atoms with Crippen LogP contribution in [0.3, 0.4) is 0 Å². The second-order valence-corrected chi connectivity index (χ2v) is 8.83. The zero-order valence-corrected chi connectivity index (χ0v) is 16.9. The van der Waals surface area contributed by atoms with Crippen LogP contribution in [0.15, 0.2) is 24.3 Å². The van der Waals surface area contributed by atoms with Crippen LogP contribution in [0.5, 0.6) is 0 Å². The number of rotatable bonds is 4. The summed E-state index contributed by atoms with van der Waals surface area (Å²) in [6.45, 7) is 8.26. The Kier molecular flexibility index (Phi) is 5.91. The summed E-state index contributed by atoms with van der Waals surface area (Å²) >= 11 is 0. The highest BCUT2D eigenvalue weighted by Crippen LogP contribution is 2.47. The Morgan fingerprint density at radius 3 is 2.58 bits per heavy atom. The minimum Gasteiger partial charge on any atom is -0.331 e. The third-order valence-electron chi connectivity index (χ3n) is 6.36. The normalized spacial score (nSPS) is 22.3. The Morgan fingerprint density at radius 1 is 1.23 bits per heavy atom. The number of amides is 2. The first-order valence-corrected chi connectivity index (χ1v) is 10.2. The predicted octanol–water partition coefficient (Wildman–Crippen LogP) is 4.17. The molecule has 26 heavy (non-hydrogen) atoms. The van der Waals surface area contributed by atoms with Gasteiger partial charge in [-0.2, -0.15) is 0 Å². The lowest BCUT2D eigenvalue weighted by Crippen LogP contribution is -2.47. The smallest absolute Gasteiger partial charge is 0.317 e. The van der Waals surface area contributed by atoms with Crippen molar-refractivity contribution in [3.63, 3.8) is 0 Å². The van der Waals surface area contributed by atoms with Gasteiger partial charge in [-0.15, -0.1) is 0 Å². The summed E-state index contributed by atoms with van der Waals surface area (Å²) < 4.78 is 0. The van der Waals surface area contributed by atoms with Crippen molar-refractivity contribution in [2.45, 2.75) is 57.4 Å². The highest BCUT2D eigenvalue weighted by atomic mass is 16.2. The zero-order valence-electron chi connectivity index (χ0n) is 16.9. The van der Waals surface area contributed by atoms with E-state index in [-0.39, 0.29) is 12.1 Å². The molecule has 3 rings (SSSR count). The molecule has 1 unspecified atom stereocenters. The first-order chi connectivity index (χ1) is 12.4. The molecule has 0 saturated carbocycles. The summed E-state index contributed by atoms with van der Waals surface area (Å²) in [5.74, 6) is 0.780. The standard InChI is InChI=1S/C22H35N3O/c1-17(2)10-14-25-15-12-22(13-16-25)11-9-20(23-21(26)24(3)4)18-7-5-6-8-19(18)22/h5-8,17,20H,9-16H2,1-4H3,(H,23,26). The number of piperidine rings is 1. The van der Waals surface area contributed by atoms with Crippen LogP contribution in [0.2, 0.25) is 0 Å². The molecule has 144 valence electrons. The van der Waals surface area contributed by atoms with Gasteiger partial charge < -0.3 is 15.1 Å². The van der Waals surface area contributed by atoms with E-state index in [0.717, 1.165) is 12.3 Å². The monoisotopic (exact) mass is 357 g/mol. The molecule has 0 bridgehead atoms.